The van der Waals surface area contributed by atoms with Gasteiger partial charge in [-0.25, -0.2) is 9.78 Å². The molecular formula is C29H33ClN6O4S. The highest BCUT2D eigenvalue weighted by Gasteiger charge is 2.52. The number of thioether (sulfide) groups is 1. The van der Waals surface area contributed by atoms with Gasteiger partial charge in [-0.3, -0.25) is 14.5 Å². The molecule has 1 aromatic carbocycles. The molecule has 4 amide bonds. The van der Waals surface area contributed by atoms with Crippen LogP contribution in [-0.4, -0.2) is 58.8 Å². The van der Waals surface area contributed by atoms with Gasteiger partial charge in [0.15, 0.2) is 0 Å². The number of carbonyl (C=O) groups excluding carboxylic acids is 3. The molecule has 41 heavy (non-hydrogen) atoms. The van der Waals surface area contributed by atoms with Gasteiger partial charge in [0.25, 0.3) is 5.91 Å². The first-order valence-electron chi connectivity index (χ1n) is 14.0. The van der Waals surface area contributed by atoms with Crippen LogP contribution in [0.15, 0.2) is 53.2 Å². The summed E-state index contributed by atoms with van der Waals surface area (Å²) >= 11 is 7.18. The summed E-state index contributed by atoms with van der Waals surface area (Å²) in [7, 11) is 0. The predicted octanol–water partition coefficient (Wildman–Crippen LogP) is 3.76. The molecule has 1 aromatic heterocycles. The number of hydrogen-bond acceptors (Lipinski definition) is 7. The molecule has 6 rings (SSSR count). The van der Waals surface area contributed by atoms with Crippen molar-refractivity contribution in [2.24, 2.45) is 5.92 Å². The minimum Gasteiger partial charge on any atom is -0.439 e. The van der Waals surface area contributed by atoms with Crippen molar-refractivity contribution in [2.75, 3.05) is 17.3 Å². The fraction of sp³-hybridized carbons (Fsp3) is 0.448. The van der Waals surface area contributed by atoms with Gasteiger partial charge in [-0.1, -0.05) is 30.0 Å². The highest BCUT2D eigenvalue weighted by molar-refractivity contribution is 8.04. The van der Waals surface area contributed by atoms with E-state index in [9.17, 15) is 14.4 Å². The fourth-order valence-corrected chi connectivity index (χ4v) is 7.82. The molecule has 0 radical (unpaired) electrons. The van der Waals surface area contributed by atoms with Gasteiger partial charge >= 0.3 is 6.03 Å². The minimum absolute atomic E-state index is 0.0376. The van der Waals surface area contributed by atoms with Crippen LogP contribution >= 0.6 is 23.4 Å². The molecule has 4 N–H and O–H groups in total. The van der Waals surface area contributed by atoms with Gasteiger partial charge in [0.05, 0.1) is 28.2 Å². The summed E-state index contributed by atoms with van der Waals surface area (Å²) < 4.78 is 5.89. The summed E-state index contributed by atoms with van der Waals surface area (Å²) in [5.41, 5.74) is 2.26. The van der Waals surface area contributed by atoms with E-state index in [2.05, 4.69) is 26.3 Å². The third-order valence-corrected chi connectivity index (χ3v) is 9.67. The van der Waals surface area contributed by atoms with Gasteiger partial charge < -0.3 is 26.0 Å². The lowest BCUT2D eigenvalue weighted by Gasteiger charge is -2.46. The van der Waals surface area contributed by atoms with Crippen molar-refractivity contribution < 1.29 is 19.1 Å². The molecule has 10 nitrogen and oxygen atoms in total. The number of aromatic nitrogens is 1. The number of para-hydroxylation sites is 1. The standard InChI is InChI=1S/C29H33ClN6O4S/c1-16-14-23(40-17-6-3-2-4-7-17)32-15-21(16)36-20-11-13-31-28-24(20)25(35-29(36)39)26(41-28)27(38)34-19-9-5-8-18(19)33-22(37)10-12-30/h2-4,6-7,14-15,18-20,24,28,31H,5,8-13H2,1H3,(H,33,37)(H,34,38)(H,35,39)/t18-,19+,20?,24?,28?/m0/s1. The number of ether oxygens (including phenoxy) is 1. The summed E-state index contributed by atoms with van der Waals surface area (Å²) in [5.74, 6) is 1.02. The van der Waals surface area contributed by atoms with E-state index in [-0.39, 0.29) is 59.6 Å². The summed E-state index contributed by atoms with van der Waals surface area (Å²) in [4.78, 5) is 46.1. The maximum absolute atomic E-state index is 13.6. The van der Waals surface area contributed by atoms with Crippen LogP contribution in [0.2, 0.25) is 0 Å². The Kier molecular flexibility index (Phi) is 8.10. The lowest BCUT2D eigenvalue weighted by Crippen LogP contribution is -2.62. The van der Waals surface area contributed by atoms with Gasteiger partial charge in [-0.2, -0.15) is 0 Å². The minimum atomic E-state index is -0.275. The number of nitrogens with one attached hydrogen (secondary N) is 4. The number of piperidine rings is 1. The summed E-state index contributed by atoms with van der Waals surface area (Å²) in [6.07, 6.45) is 5.19. The quantitative estimate of drug-likeness (QED) is 0.342. The molecule has 3 fully saturated rings. The van der Waals surface area contributed by atoms with Crippen molar-refractivity contribution in [1.82, 2.24) is 26.3 Å². The molecule has 4 heterocycles. The summed E-state index contributed by atoms with van der Waals surface area (Å²) in [6.45, 7) is 2.67. The highest BCUT2D eigenvalue weighted by Crippen LogP contribution is 2.48. The first-order chi connectivity index (χ1) is 19.9. The molecule has 3 unspecified atom stereocenters. The van der Waals surface area contributed by atoms with Gasteiger partial charge in [0.2, 0.25) is 11.8 Å². The van der Waals surface area contributed by atoms with Crippen molar-refractivity contribution in [3.8, 4) is 11.6 Å². The maximum atomic E-state index is 13.6. The van der Waals surface area contributed by atoms with Crippen LogP contribution < -0.4 is 30.9 Å². The van der Waals surface area contributed by atoms with Crippen LogP contribution in [0.25, 0.3) is 0 Å². The number of nitrogens with zero attached hydrogens (tertiary/aromatic N) is 2. The van der Waals surface area contributed by atoms with E-state index in [1.165, 1.54) is 11.8 Å². The molecule has 2 aromatic rings. The average molecular weight is 597 g/mol. The Morgan fingerprint density at radius 1 is 1.17 bits per heavy atom. The van der Waals surface area contributed by atoms with Crippen molar-refractivity contribution >= 4 is 46.9 Å². The van der Waals surface area contributed by atoms with Crippen LogP contribution in [0, 0.1) is 12.8 Å². The van der Waals surface area contributed by atoms with Crippen LogP contribution in [0.5, 0.6) is 11.6 Å². The monoisotopic (exact) mass is 596 g/mol. The highest BCUT2D eigenvalue weighted by atomic mass is 35.5. The summed E-state index contributed by atoms with van der Waals surface area (Å²) in [5, 5.41) is 12.7. The topological polar surface area (TPSA) is 125 Å². The zero-order valence-corrected chi connectivity index (χ0v) is 24.3. The number of benzene rings is 1. The second-order valence-corrected chi connectivity index (χ2v) is 12.3. The molecule has 1 aliphatic carbocycles. The Labute approximate surface area is 248 Å². The molecule has 12 heteroatoms. The Balaban J connectivity index is 1.21. The second-order valence-electron chi connectivity index (χ2n) is 10.8. The first-order valence-corrected chi connectivity index (χ1v) is 15.4. The number of urea groups is 1. The molecule has 4 aliphatic rings. The predicted molar refractivity (Wildman–Crippen MR) is 158 cm³/mol. The van der Waals surface area contributed by atoms with Crippen LogP contribution in [0.1, 0.15) is 37.7 Å². The van der Waals surface area contributed by atoms with Crippen LogP contribution in [0.4, 0.5) is 10.5 Å². The van der Waals surface area contributed by atoms with Crippen LogP contribution in [0.3, 0.4) is 0 Å². The van der Waals surface area contributed by atoms with Crippen molar-refractivity contribution in [3.63, 3.8) is 0 Å². The van der Waals surface area contributed by atoms with Gasteiger partial charge in [0, 0.05) is 42.1 Å². The number of carbonyl (C=O) groups is 3. The van der Waals surface area contributed by atoms with Crippen molar-refractivity contribution in [3.05, 3.63) is 58.8 Å². The average Bonchev–Trinajstić information content (AvgIpc) is 3.55. The number of pyridine rings is 1. The second kappa shape index (κ2) is 11.9. The molecule has 216 valence electrons. The molecule has 3 aliphatic heterocycles. The number of amides is 4. The first kappa shape index (κ1) is 27.9. The van der Waals surface area contributed by atoms with E-state index < -0.39 is 0 Å². The molecular weight excluding hydrogens is 564 g/mol. The van der Waals surface area contributed by atoms with E-state index in [0.717, 1.165) is 43.5 Å². The molecule has 0 bridgehead atoms. The van der Waals surface area contributed by atoms with Crippen molar-refractivity contribution in [1.29, 1.82) is 0 Å². The van der Waals surface area contributed by atoms with Gasteiger partial charge in [0.1, 0.15) is 5.75 Å². The number of anilines is 1. The molecule has 0 spiro atoms. The zero-order valence-electron chi connectivity index (χ0n) is 22.7. The SMILES string of the molecule is Cc1cc(Oc2ccccc2)ncc1N1C(=O)NC2=C(C(=O)N[C@@H]3CCC[C@@H]3NC(=O)CCCl)SC3NCCC1C23. The van der Waals surface area contributed by atoms with Gasteiger partial charge in [-0.15, -0.1) is 11.6 Å². The normalized spacial score (nSPS) is 26.8. The third kappa shape index (κ3) is 5.62. The number of rotatable bonds is 8. The number of halogens is 1. The smallest absolute Gasteiger partial charge is 0.326 e. The van der Waals surface area contributed by atoms with E-state index in [1.807, 2.05) is 43.3 Å². The number of alkyl halides is 1. The van der Waals surface area contributed by atoms with Crippen molar-refractivity contribution in [2.45, 2.75) is 62.5 Å². The zero-order chi connectivity index (χ0) is 28.5. The number of hydrogen-bond donors (Lipinski definition) is 4. The van der Waals surface area contributed by atoms with Gasteiger partial charge in [-0.05, 0) is 56.8 Å². The Hall–Kier alpha value is -3.28. The van der Waals surface area contributed by atoms with E-state index >= 15 is 0 Å². The lowest BCUT2D eigenvalue weighted by molar-refractivity contribution is -0.122. The van der Waals surface area contributed by atoms with E-state index in [0.29, 0.717) is 22.2 Å². The Bertz CT molecular complexity index is 1370. The molecule has 1 saturated carbocycles. The molecule has 2 saturated heterocycles. The lowest BCUT2D eigenvalue weighted by atomic mass is 9.86. The Morgan fingerprint density at radius 3 is 2.71 bits per heavy atom. The largest absolute Gasteiger partial charge is 0.439 e. The van der Waals surface area contributed by atoms with E-state index in [1.54, 1.807) is 11.1 Å². The summed E-state index contributed by atoms with van der Waals surface area (Å²) in [6, 6.07) is 10.6. The third-order valence-electron chi connectivity index (χ3n) is 8.13. The maximum Gasteiger partial charge on any atom is 0.326 e. The van der Waals surface area contributed by atoms with Crippen LogP contribution in [-0.2, 0) is 9.59 Å². The fourth-order valence-electron chi connectivity index (χ4n) is 6.25. The Morgan fingerprint density at radius 2 is 1.95 bits per heavy atom. The molecule has 5 atom stereocenters. The number of aryl methyl sites for hydroxylation is 1. The van der Waals surface area contributed by atoms with E-state index in [4.69, 9.17) is 16.3 Å².